The van der Waals surface area contributed by atoms with Crippen LogP contribution in [0.25, 0.3) is 0 Å². The number of thiazole rings is 1. The largest absolute Gasteiger partial charge is 0.378 e. The monoisotopic (exact) mass is 454 g/mol. The number of hydrogen-bond donors (Lipinski definition) is 4. The van der Waals surface area contributed by atoms with E-state index in [1.165, 1.54) is 36.7 Å². The quantitative estimate of drug-likeness (QED) is 0.353. The molecule has 2 aliphatic rings. The predicted molar refractivity (Wildman–Crippen MR) is 127 cm³/mol. The Morgan fingerprint density at radius 2 is 2.41 bits per heavy atom. The van der Waals surface area contributed by atoms with Crippen molar-refractivity contribution in [3.8, 4) is 6.07 Å². The molecule has 0 bridgehead atoms. The zero-order valence-corrected chi connectivity index (χ0v) is 18.7. The van der Waals surface area contributed by atoms with Crippen molar-refractivity contribution in [3.63, 3.8) is 0 Å². The SMILES string of the molecule is C=C/C(=C\C=C(/C)F)C1CCCN1C1=CN[C@@H]([C@@H](C=N)CN)C(Nc2ncc(C#N)s2)=N1. The second kappa shape index (κ2) is 10.8. The number of amidine groups is 1. The third-order valence-corrected chi connectivity index (χ3v) is 6.18. The van der Waals surface area contributed by atoms with Crippen molar-refractivity contribution in [1.82, 2.24) is 15.2 Å². The minimum atomic E-state index is -0.330. The summed E-state index contributed by atoms with van der Waals surface area (Å²) in [6.07, 6.45) is 11.5. The van der Waals surface area contributed by atoms with Gasteiger partial charge in [-0.25, -0.2) is 14.4 Å². The standard InChI is InChI=1S/C22H27FN8S/c1-3-15(7-6-14(2)23)18-5-4-8-31(18)19-13-27-20(16(9-24)10-25)21(29-19)30-22-28-12-17(11-26)32-22/h3,6-7,9,12-13,16,18,20,24,27H,1,4-5,8,10,25H2,2H3,(H,28,29,30)/b14-6+,15-7+,24-9?/t16-,18?,20-/m0/s1. The number of nitrogens with two attached hydrogens (primary N) is 1. The summed E-state index contributed by atoms with van der Waals surface area (Å²) in [7, 11) is 0. The molecule has 0 radical (unpaired) electrons. The van der Waals surface area contributed by atoms with Gasteiger partial charge in [-0.05, 0) is 31.4 Å². The number of nitrogens with zero attached hydrogens (tertiary/aromatic N) is 4. The van der Waals surface area contributed by atoms with Gasteiger partial charge in [-0.3, -0.25) is 0 Å². The van der Waals surface area contributed by atoms with Crippen molar-refractivity contribution in [3.05, 3.63) is 59.3 Å². The molecule has 3 rings (SSSR count). The van der Waals surface area contributed by atoms with Crippen molar-refractivity contribution >= 4 is 28.5 Å². The number of halogens is 1. The maximum absolute atomic E-state index is 13.3. The highest BCUT2D eigenvalue weighted by molar-refractivity contribution is 7.16. The van der Waals surface area contributed by atoms with Crippen LogP contribution in [-0.4, -0.2) is 47.1 Å². The van der Waals surface area contributed by atoms with E-state index in [9.17, 15) is 4.39 Å². The Bertz CT molecular complexity index is 1010. The predicted octanol–water partition coefficient (Wildman–Crippen LogP) is 3.27. The number of likely N-dealkylation sites (tertiary alicyclic amines) is 1. The molecule has 0 aromatic carbocycles. The summed E-state index contributed by atoms with van der Waals surface area (Å²) in [4.78, 5) is 11.7. The van der Waals surface area contributed by atoms with Gasteiger partial charge in [0.15, 0.2) is 5.13 Å². The number of anilines is 1. The van der Waals surface area contributed by atoms with Crippen LogP contribution in [0.3, 0.4) is 0 Å². The molecule has 0 amide bonds. The zero-order chi connectivity index (χ0) is 23.1. The molecule has 1 unspecified atom stereocenters. The van der Waals surface area contributed by atoms with Crippen LogP contribution in [0.5, 0.6) is 0 Å². The van der Waals surface area contributed by atoms with Crippen LogP contribution >= 0.6 is 11.3 Å². The first-order valence-electron chi connectivity index (χ1n) is 10.3. The Hall–Kier alpha value is -3.29. The highest BCUT2D eigenvalue weighted by atomic mass is 32.1. The summed E-state index contributed by atoms with van der Waals surface area (Å²) in [6, 6.07) is 1.77. The second-order valence-corrected chi connectivity index (χ2v) is 8.48. The van der Waals surface area contributed by atoms with Gasteiger partial charge in [0.25, 0.3) is 0 Å². The summed E-state index contributed by atoms with van der Waals surface area (Å²) in [5, 5.41) is 23.9. The lowest BCUT2D eigenvalue weighted by molar-refractivity contribution is 0.347. The van der Waals surface area contributed by atoms with Gasteiger partial charge in [0.05, 0.1) is 24.1 Å². The molecule has 0 saturated carbocycles. The molecule has 2 aliphatic heterocycles. The van der Waals surface area contributed by atoms with Crippen LogP contribution < -0.4 is 16.4 Å². The van der Waals surface area contributed by atoms with E-state index in [0.717, 1.165) is 30.8 Å². The molecular formula is C22H27FN8S. The average Bonchev–Trinajstić information content (AvgIpc) is 3.45. The van der Waals surface area contributed by atoms with E-state index in [2.05, 4.69) is 33.2 Å². The Morgan fingerprint density at radius 3 is 3.03 bits per heavy atom. The molecule has 1 fully saturated rings. The molecular weight excluding hydrogens is 427 g/mol. The van der Waals surface area contributed by atoms with Crippen molar-refractivity contribution < 1.29 is 4.39 Å². The van der Waals surface area contributed by atoms with Crippen molar-refractivity contribution in [2.75, 3.05) is 18.4 Å². The molecule has 1 aromatic rings. The number of nitrogens with one attached hydrogen (secondary N) is 3. The summed E-state index contributed by atoms with van der Waals surface area (Å²) in [5.41, 5.74) is 6.80. The smallest absolute Gasteiger partial charge is 0.189 e. The molecule has 3 heterocycles. The number of aromatic nitrogens is 1. The fraction of sp³-hybridized carbons (Fsp3) is 0.364. The Kier molecular flexibility index (Phi) is 7.92. The molecule has 0 aliphatic carbocycles. The van der Waals surface area contributed by atoms with E-state index < -0.39 is 0 Å². The minimum Gasteiger partial charge on any atom is -0.378 e. The fourth-order valence-electron chi connectivity index (χ4n) is 3.75. The van der Waals surface area contributed by atoms with Gasteiger partial charge >= 0.3 is 0 Å². The van der Waals surface area contributed by atoms with E-state index in [0.29, 0.717) is 15.8 Å². The van der Waals surface area contributed by atoms with Gasteiger partial charge in [0.2, 0.25) is 0 Å². The highest BCUT2D eigenvalue weighted by Gasteiger charge is 2.33. The van der Waals surface area contributed by atoms with Crippen LogP contribution in [0.2, 0.25) is 0 Å². The maximum atomic E-state index is 13.3. The lowest BCUT2D eigenvalue weighted by Gasteiger charge is -2.34. The highest BCUT2D eigenvalue weighted by Crippen LogP contribution is 2.30. The Morgan fingerprint density at radius 1 is 1.59 bits per heavy atom. The van der Waals surface area contributed by atoms with E-state index >= 15 is 0 Å². The first-order valence-corrected chi connectivity index (χ1v) is 11.1. The molecule has 5 N–H and O–H groups in total. The normalized spacial score (nSPS) is 22.4. The Labute approximate surface area is 191 Å². The van der Waals surface area contributed by atoms with Gasteiger partial charge in [-0.15, -0.1) is 0 Å². The second-order valence-electron chi connectivity index (χ2n) is 7.45. The van der Waals surface area contributed by atoms with E-state index in [-0.39, 0.29) is 30.4 Å². The number of allylic oxidation sites excluding steroid dienone is 3. The van der Waals surface area contributed by atoms with E-state index in [1.807, 2.05) is 6.20 Å². The van der Waals surface area contributed by atoms with Gasteiger partial charge in [-0.1, -0.05) is 30.1 Å². The minimum absolute atomic E-state index is 0.0239. The molecule has 8 nitrogen and oxygen atoms in total. The molecule has 10 heteroatoms. The van der Waals surface area contributed by atoms with Crippen molar-refractivity contribution in [2.24, 2.45) is 16.6 Å². The number of hydrogen-bond acceptors (Lipinski definition) is 9. The van der Waals surface area contributed by atoms with Gasteiger partial charge < -0.3 is 26.7 Å². The summed E-state index contributed by atoms with van der Waals surface area (Å²) < 4.78 is 13.3. The molecule has 1 aromatic heterocycles. The molecule has 1 saturated heterocycles. The zero-order valence-electron chi connectivity index (χ0n) is 17.9. The third kappa shape index (κ3) is 5.30. The lowest BCUT2D eigenvalue weighted by atomic mass is 9.99. The summed E-state index contributed by atoms with van der Waals surface area (Å²) in [5.74, 6) is 0.761. The number of nitriles is 1. The molecule has 3 atom stereocenters. The van der Waals surface area contributed by atoms with Crippen LogP contribution in [0.4, 0.5) is 9.52 Å². The summed E-state index contributed by atoms with van der Waals surface area (Å²) in [6.45, 7) is 6.38. The van der Waals surface area contributed by atoms with Crippen LogP contribution in [0, 0.1) is 22.7 Å². The van der Waals surface area contributed by atoms with Crippen LogP contribution in [0.15, 0.2) is 59.4 Å². The summed E-state index contributed by atoms with van der Waals surface area (Å²) >= 11 is 1.23. The molecule has 0 spiro atoms. The van der Waals surface area contributed by atoms with Gasteiger partial charge in [-0.2, -0.15) is 5.26 Å². The van der Waals surface area contributed by atoms with E-state index in [4.69, 9.17) is 21.4 Å². The van der Waals surface area contributed by atoms with Gasteiger partial charge in [0, 0.05) is 31.4 Å². The first kappa shape index (κ1) is 23.4. The molecule has 32 heavy (non-hydrogen) atoms. The maximum Gasteiger partial charge on any atom is 0.189 e. The Balaban J connectivity index is 1.91. The van der Waals surface area contributed by atoms with Crippen molar-refractivity contribution in [1.29, 1.82) is 10.7 Å². The van der Waals surface area contributed by atoms with Crippen LogP contribution in [0.1, 0.15) is 24.6 Å². The lowest BCUT2D eigenvalue weighted by Crippen LogP contribution is -2.50. The third-order valence-electron chi connectivity index (χ3n) is 5.36. The number of aliphatic imine (C=N–C) groups is 1. The average molecular weight is 455 g/mol. The number of rotatable bonds is 8. The van der Waals surface area contributed by atoms with Crippen molar-refractivity contribution in [2.45, 2.75) is 31.8 Å². The van der Waals surface area contributed by atoms with Crippen LogP contribution in [-0.2, 0) is 0 Å². The van der Waals surface area contributed by atoms with Gasteiger partial charge in [0.1, 0.15) is 22.6 Å². The fourth-order valence-corrected chi connectivity index (χ4v) is 4.38. The topological polar surface area (TPSA) is 126 Å². The van der Waals surface area contributed by atoms with E-state index in [1.54, 1.807) is 12.2 Å². The first-order chi connectivity index (χ1) is 15.5. The molecule has 168 valence electrons.